The fourth-order valence-corrected chi connectivity index (χ4v) is 9.30. The van der Waals surface area contributed by atoms with Crippen molar-refractivity contribution in [1.29, 1.82) is 0 Å². The molecule has 3 amide bonds. The number of carbonyl (C=O) groups is 3. The molecule has 3 aromatic carbocycles. The molecule has 0 unspecified atom stereocenters. The fraction of sp³-hybridized carbons (Fsp3) is 0.429. The molecule has 0 radical (unpaired) electrons. The Kier molecular flexibility index (Phi) is 10.2. The van der Waals surface area contributed by atoms with Crippen molar-refractivity contribution in [2.75, 3.05) is 6.54 Å². The zero-order chi connectivity index (χ0) is 37.1. The molecule has 4 saturated carbocycles. The van der Waals surface area contributed by atoms with Gasteiger partial charge in [0.05, 0.1) is 12.6 Å². The Labute approximate surface area is 314 Å². The molecule has 2 atom stereocenters. The number of rotatable bonds is 14. The molecule has 2 heterocycles. The van der Waals surface area contributed by atoms with E-state index < -0.39 is 17.7 Å². The Balaban J connectivity index is 0.940. The van der Waals surface area contributed by atoms with Crippen molar-refractivity contribution < 1.29 is 19.1 Å². The maximum Gasteiger partial charge on any atom is 0.408 e. The van der Waals surface area contributed by atoms with Crippen molar-refractivity contribution in [1.82, 2.24) is 41.1 Å². The Morgan fingerprint density at radius 3 is 2.33 bits per heavy atom. The van der Waals surface area contributed by atoms with E-state index in [9.17, 15) is 14.4 Å². The first kappa shape index (κ1) is 35.5. The number of amides is 3. The molecule has 0 spiro atoms. The Bertz CT molecular complexity index is 2050. The third-order valence-corrected chi connectivity index (χ3v) is 11.7. The summed E-state index contributed by atoms with van der Waals surface area (Å²) < 4.78 is 6.21. The van der Waals surface area contributed by atoms with E-state index in [4.69, 9.17) is 4.74 Å². The molecular weight excluding hydrogens is 681 g/mol. The van der Waals surface area contributed by atoms with Gasteiger partial charge in [-0.1, -0.05) is 78.9 Å². The van der Waals surface area contributed by atoms with E-state index in [1.165, 1.54) is 11.2 Å². The van der Waals surface area contributed by atoms with E-state index in [0.29, 0.717) is 30.6 Å². The van der Waals surface area contributed by atoms with Gasteiger partial charge in [0.15, 0.2) is 5.82 Å². The number of aryl methyl sites for hydroxylation is 1. The van der Waals surface area contributed by atoms with E-state index in [1.54, 1.807) is 6.92 Å². The average Bonchev–Trinajstić information content (AvgIpc) is 3.80. The molecule has 12 heteroatoms. The largest absolute Gasteiger partial charge is 0.446 e. The van der Waals surface area contributed by atoms with Crippen molar-refractivity contribution in [3.05, 3.63) is 114 Å². The second kappa shape index (κ2) is 15.5. The van der Waals surface area contributed by atoms with E-state index in [0.717, 1.165) is 65.1 Å². The molecule has 9 rings (SSSR count). The lowest BCUT2D eigenvalue weighted by Gasteiger charge is -2.53. The third kappa shape index (κ3) is 8.02. The van der Waals surface area contributed by atoms with Gasteiger partial charge in [0.25, 0.3) is 0 Å². The summed E-state index contributed by atoms with van der Waals surface area (Å²) in [6.07, 6.45) is 7.71. The molecule has 54 heavy (non-hydrogen) atoms. The first-order valence-electron chi connectivity index (χ1n) is 19.2. The van der Waals surface area contributed by atoms with Crippen LogP contribution in [0.25, 0.3) is 10.9 Å². The summed E-state index contributed by atoms with van der Waals surface area (Å²) in [5, 5.41) is 22.9. The van der Waals surface area contributed by atoms with Crippen LogP contribution in [0.15, 0.2) is 91.1 Å². The van der Waals surface area contributed by atoms with Crippen LogP contribution in [0.1, 0.15) is 74.0 Å². The molecule has 5 aromatic rings. The number of hydrogen-bond acceptors (Lipinski definition) is 7. The zero-order valence-electron chi connectivity index (χ0n) is 30.6. The first-order chi connectivity index (χ1) is 26.3. The van der Waals surface area contributed by atoms with Crippen LogP contribution in [0.4, 0.5) is 4.79 Å². The number of tetrazole rings is 1. The number of carbonyl (C=O) groups excluding carboxylic acids is 3. The van der Waals surface area contributed by atoms with Crippen LogP contribution in [-0.2, 0) is 33.7 Å². The van der Waals surface area contributed by atoms with Crippen molar-refractivity contribution >= 4 is 28.8 Å². The second-order valence-electron chi connectivity index (χ2n) is 15.8. The van der Waals surface area contributed by atoms with Gasteiger partial charge in [-0.2, -0.15) is 4.80 Å². The predicted molar refractivity (Wildman–Crippen MR) is 203 cm³/mol. The molecule has 4 N–H and O–H groups in total. The number of nitrogens with one attached hydrogen (secondary N) is 4. The number of aromatic amines is 1. The van der Waals surface area contributed by atoms with Crippen LogP contribution >= 0.6 is 0 Å². The molecule has 4 aliphatic rings. The summed E-state index contributed by atoms with van der Waals surface area (Å²) in [4.78, 5) is 46.2. The summed E-state index contributed by atoms with van der Waals surface area (Å²) in [5.41, 5.74) is 2.40. The van der Waals surface area contributed by atoms with Crippen LogP contribution in [0, 0.1) is 23.7 Å². The molecule has 12 nitrogen and oxygen atoms in total. The van der Waals surface area contributed by atoms with Gasteiger partial charge in [0.2, 0.25) is 11.8 Å². The number of alkyl carbamates (subject to hydrolysis) is 1. The second-order valence-corrected chi connectivity index (χ2v) is 15.8. The lowest BCUT2D eigenvalue weighted by Crippen LogP contribution is -2.60. The highest BCUT2D eigenvalue weighted by molar-refractivity contribution is 5.91. The topological polar surface area (TPSA) is 156 Å². The molecule has 0 saturated heterocycles. The summed E-state index contributed by atoms with van der Waals surface area (Å²) in [6.45, 7) is 2.34. The maximum absolute atomic E-state index is 14.3. The minimum atomic E-state index is -1.35. The van der Waals surface area contributed by atoms with Gasteiger partial charge in [-0.3, -0.25) is 9.59 Å². The van der Waals surface area contributed by atoms with Crippen molar-refractivity contribution in [3.8, 4) is 0 Å². The number of para-hydroxylation sites is 1. The van der Waals surface area contributed by atoms with Gasteiger partial charge in [-0.15, -0.1) is 10.2 Å². The maximum atomic E-state index is 14.3. The molecule has 2 aromatic heterocycles. The van der Waals surface area contributed by atoms with Crippen molar-refractivity contribution in [2.45, 2.75) is 82.5 Å². The quantitative estimate of drug-likeness (QED) is 0.115. The molecule has 4 bridgehead atoms. The number of benzene rings is 3. The Morgan fingerprint density at radius 2 is 1.59 bits per heavy atom. The summed E-state index contributed by atoms with van der Waals surface area (Å²) in [5.74, 6) is 2.19. The van der Waals surface area contributed by atoms with Crippen LogP contribution < -0.4 is 16.0 Å². The molecular formula is C42H48N8O4. The number of fused-ring (bicyclic) bond motifs is 1. The van der Waals surface area contributed by atoms with Crippen molar-refractivity contribution in [3.63, 3.8) is 0 Å². The van der Waals surface area contributed by atoms with Crippen LogP contribution in [0.3, 0.4) is 0 Å². The van der Waals surface area contributed by atoms with Crippen molar-refractivity contribution in [2.24, 2.45) is 23.7 Å². The lowest BCUT2D eigenvalue weighted by atomic mass is 9.55. The normalized spacial score (nSPS) is 23.0. The van der Waals surface area contributed by atoms with E-state index >= 15 is 0 Å². The number of H-pyrrole nitrogens is 1. The standard InChI is InChI=1S/C42H48N8O4/c1-42(23-33-24-43-35-15-9-8-14-34(33)35,46-41(53)54-39-31-19-28-18-29(21-31)22-32(39)20-28)40(52)44-25-36(30-12-6-3-7-13-30)45-38(51)17-16-37-47-49-50(48-37)26-27-10-4-2-5-11-27/h2-15,24,28-29,31-32,36,39,43H,16-23,25-26H2,1H3,(H,44,52)(H,45,51)(H,46,53)/t28?,29?,31?,32?,36-,39?,42+/m0/s1. The summed E-state index contributed by atoms with van der Waals surface area (Å²) in [7, 11) is 0. The monoisotopic (exact) mass is 728 g/mol. The zero-order valence-corrected chi connectivity index (χ0v) is 30.6. The number of hydrogen-bond donors (Lipinski definition) is 4. The smallest absolute Gasteiger partial charge is 0.408 e. The predicted octanol–water partition coefficient (Wildman–Crippen LogP) is 5.66. The third-order valence-electron chi connectivity index (χ3n) is 11.7. The number of ether oxygens (including phenoxy) is 1. The van der Waals surface area contributed by atoms with E-state index in [-0.39, 0.29) is 37.3 Å². The highest BCUT2D eigenvalue weighted by atomic mass is 16.6. The lowest BCUT2D eigenvalue weighted by molar-refractivity contribution is -0.128. The van der Waals surface area contributed by atoms with Gasteiger partial charge in [0, 0.05) is 42.9 Å². The fourth-order valence-electron chi connectivity index (χ4n) is 9.30. The molecule has 4 aliphatic carbocycles. The molecule has 0 aliphatic heterocycles. The van der Waals surface area contributed by atoms with E-state index in [1.807, 2.05) is 91.1 Å². The molecule has 4 fully saturated rings. The van der Waals surface area contributed by atoms with Gasteiger partial charge in [-0.05, 0) is 90.7 Å². The Morgan fingerprint density at radius 1 is 0.907 bits per heavy atom. The van der Waals surface area contributed by atoms with Gasteiger partial charge in [0.1, 0.15) is 11.6 Å². The highest BCUT2D eigenvalue weighted by Gasteiger charge is 2.50. The summed E-state index contributed by atoms with van der Waals surface area (Å²) in [6, 6.07) is 26.8. The minimum absolute atomic E-state index is 0.107. The van der Waals surface area contributed by atoms with Crippen LogP contribution in [0.2, 0.25) is 0 Å². The van der Waals surface area contributed by atoms with Crippen LogP contribution in [0.5, 0.6) is 0 Å². The highest BCUT2D eigenvalue weighted by Crippen LogP contribution is 2.54. The van der Waals surface area contributed by atoms with Gasteiger partial charge < -0.3 is 25.7 Å². The Hall–Kier alpha value is -5.52. The first-order valence-corrected chi connectivity index (χ1v) is 19.2. The number of aromatic nitrogens is 5. The van der Waals surface area contributed by atoms with Crippen LogP contribution in [-0.4, -0.2) is 61.3 Å². The number of nitrogens with zero attached hydrogens (tertiary/aromatic N) is 4. The van der Waals surface area contributed by atoms with Gasteiger partial charge >= 0.3 is 6.09 Å². The van der Waals surface area contributed by atoms with E-state index in [2.05, 4.69) is 36.3 Å². The summed E-state index contributed by atoms with van der Waals surface area (Å²) >= 11 is 0. The SMILES string of the molecule is C[C@](Cc1c[nH]c2ccccc12)(NC(=O)OC1C2CC3CC(C2)CC1C3)C(=O)NC[C@H](NC(=O)CCc1nnn(Cc2ccccc2)n1)c1ccccc1. The average molecular weight is 729 g/mol. The minimum Gasteiger partial charge on any atom is -0.446 e. The van der Waals surface area contributed by atoms with Gasteiger partial charge in [-0.25, -0.2) is 4.79 Å². The molecule has 280 valence electrons.